The monoisotopic (exact) mass is 231 g/mol. The fourth-order valence-electron chi connectivity index (χ4n) is 1.34. The molecule has 0 aromatic rings. The van der Waals surface area contributed by atoms with Crippen LogP contribution in [0.3, 0.4) is 0 Å². The highest BCUT2D eigenvalue weighted by Crippen LogP contribution is 2.17. The van der Waals surface area contributed by atoms with Gasteiger partial charge in [-0.1, -0.05) is 6.92 Å². The van der Waals surface area contributed by atoms with Crippen LogP contribution in [-0.2, 0) is 9.59 Å². The molecule has 1 rings (SSSR count). The van der Waals surface area contributed by atoms with Crippen LogP contribution in [0.1, 0.15) is 26.7 Å². The van der Waals surface area contributed by atoms with Crippen LogP contribution in [0.4, 0.5) is 0 Å². The van der Waals surface area contributed by atoms with Crippen LogP contribution < -0.4 is 0 Å². The van der Waals surface area contributed by atoms with Crippen molar-refractivity contribution in [1.29, 1.82) is 0 Å². The molecule has 15 heavy (non-hydrogen) atoms. The van der Waals surface area contributed by atoms with Crippen LogP contribution >= 0.6 is 11.8 Å². The first kappa shape index (κ1) is 12.5. The van der Waals surface area contributed by atoms with E-state index in [9.17, 15) is 14.7 Å². The molecule has 0 aromatic carbocycles. The molecule has 2 atom stereocenters. The molecule has 1 fully saturated rings. The van der Waals surface area contributed by atoms with Crippen LogP contribution in [0.25, 0.3) is 0 Å². The highest BCUT2D eigenvalue weighted by Gasteiger charge is 2.28. The summed E-state index contributed by atoms with van der Waals surface area (Å²) in [6.45, 7) is 4.15. The Kier molecular flexibility index (Phi) is 4.60. The molecule has 0 aromatic heterocycles. The maximum Gasteiger partial charge on any atom is 0.229 e. The number of aliphatic hydroxyl groups excluding tert-OH is 1. The van der Waals surface area contributed by atoms with E-state index in [0.717, 1.165) is 0 Å². The van der Waals surface area contributed by atoms with Crippen molar-refractivity contribution in [2.45, 2.75) is 38.0 Å². The predicted molar refractivity (Wildman–Crippen MR) is 59.6 cm³/mol. The van der Waals surface area contributed by atoms with Crippen molar-refractivity contribution in [2.24, 2.45) is 0 Å². The van der Waals surface area contributed by atoms with Gasteiger partial charge in [-0.2, -0.15) is 11.8 Å². The molecule has 1 heterocycles. The average molecular weight is 231 g/mol. The standard InChI is InChI=1S/C10H17NO3S/c1-7(12)8(2)15-6-5-11-9(13)3-4-10(11)14/h7-8,12H,3-6H2,1-2H3. The minimum absolute atomic E-state index is 0.0645. The van der Waals surface area contributed by atoms with E-state index in [1.807, 2.05) is 6.92 Å². The van der Waals surface area contributed by atoms with Gasteiger partial charge in [0.2, 0.25) is 11.8 Å². The Morgan fingerprint density at radius 1 is 1.33 bits per heavy atom. The summed E-state index contributed by atoms with van der Waals surface area (Å²) in [5.74, 6) is 0.569. The molecule has 2 unspecified atom stereocenters. The molecular formula is C10H17NO3S. The van der Waals surface area contributed by atoms with E-state index in [0.29, 0.717) is 25.1 Å². The zero-order valence-corrected chi connectivity index (χ0v) is 9.92. The SMILES string of the molecule is CC(O)C(C)SCCN1C(=O)CCC1=O. The quantitative estimate of drug-likeness (QED) is 0.705. The van der Waals surface area contributed by atoms with Gasteiger partial charge in [-0.3, -0.25) is 14.5 Å². The first-order valence-electron chi connectivity index (χ1n) is 5.15. The highest BCUT2D eigenvalue weighted by atomic mass is 32.2. The third-order valence-corrected chi connectivity index (χ3v) is 3.87. The maximum atomic E-state index is 11.2. The Morgan fingerprint density at radius 2 is 1.87 bits per heavy atom. The van der Waals surface area contributed by atoms with Crippen LogP contribution in [0, 0.1) is 0 Å². The van der Waals surface area contributed by atoms with E-state index in [2.05, 4.69) is 0 Å². The summed E-state index contributed by atoms with van der Waals surface area (Å²) < 4.78 is 0. The summed E-state index contributed by atoms with van der Waals surface area (Å²) in [6.07, 6.45) is 0.352. The van der Waals surface area contributed by atoms with Gasteiger partial charge in [0, 0.05) is 30.4 Å². The van der Waals surface area contributed by atoms with E-state index in [1.54, 1.807) is 18.7 Å². The summed E-state index contributed by atoms with van der Waals surface area (Å²) in [6, 6.07) is 0. The molecule has 86 valence electrons. The molecule has 2 amide bonds. The molecule has 0 saturated carbocycles. The topological polar surface area (TPSA) is 57.6 Å². The molecule has 0 bridgehead atoms. The summed E-state index contributed by atoms with van der Waals surface area (Å²) in [5, 5.41) is 9.39. The van der Waals surface area contributed by atoms with Crippen LogP contribution in [0.5, 0.6) is 0 Å². The molecule has 0 radical (unpaired) electrons. The second kappa shape index (κ2) is 5.51. The summed E-state index contributed by atoms with van der Waals surface area (Å²) in [4.78, 5) is 23.8. The molecule has 1 aliphatic rings. The highest BCUT2D eigenvalue weighted by molar-refractivity contribution is 7.99. The van der Waals surface area contributed by atoms with Gasteiger partial charge in [0.25, 0.3) is 0 Å². The zero-order valence-electron chi connectivity index (χ0n) is 9.10. The van der Waals surface area contributed by atoms with Gasteiger partial charge in [-0.25, -0.2) is 0 Å². The lowest BCUT2D eigenvalue weighted by molar-refractivity contribution is -0.137. The van der Waals surface area contributed by atoms with Gasteiger partial charge in [0.05, 0.1) is 6.10 Å². The van der Waals surface area contributed by atoms with Crippen molar-refractivity contribution >= 4 is 23.6 Å². The first-order valence-corrected chi connectivity index (χ1v) is 6.20. The number of carbonyl (C=O) groups excluding carboxylic acids is 2. The number of nitrogens with zero attached hydrogens (tertiary/aromatic N) is 1. The van der Waals surface area contributed by atoms with E-state index in [1.165, 1.54) is 4.90 Å². The van der Waals surface area contributed by atoms with Crippen LogP contribution in [0.2, 0.25) is 0 Å². The van der Waals surface area contributed by atoms with Crippen molar-refractivity contribution < 1.29 is 14.7 Å². The van der Waals surface area contributed by atoms with Gasteiger partial charge >= 0.3 is 0 Å². The van der Waals surface area contributed by atoms with Gasteiger partial charge in [0.15, 0.2) is 0 Å². The summed E-state index contributed by atoms with van der Waals surface area (Å²) in [7, 11) is 0. The van der Waals surface area contributed by atoms with Gasteiger partial charge < -0.3 is 5.11 Å². The molecule has 1 N–H and O–H groups in total. The Balaban J connectivity index is 2.25. The molecule has 5 heteroatoms. The minimum atomic E-state index is -0.361. The van der Waals surface area contributed by atoms with Crippen molar-refractivity contribution in [3.63, 3.8) is 0 Å². The zero-order chi connectivity index (χ0) is 11.4. The predicted octanol–water partition coefficient (Wildman–Crippen LogP) is 0.638. The van der Waals surface area contributed by atoms with E-state index < -0.39 is 0 Å². The lowest BCUT2D eigenvalue weighted by atomic mass is 10.3. The smallest absolute Gasteiger partial charge is 0.229 e. The summed E-state index contributed by atoms with van der Waals surface area (Å²) >= 11 is 1.58. The minimum Gasteiger partial charge on any atom is -0.392 e. The third kappa shape index (κ3) is 3.50. The number of hydrogen-bond acceptors (Lipinski definition) is 4. The molecule has 0 aliphatic carbocycles. The largest absolute Gasteiger partial charge is 0.392 e. The Labute approximate surface area is 94.0 Å². The van der Waals surface area contributed by atoms with Gasteiger partial charge in [-0.05, 0) is 6.92 Å². The Morgan fingerprint density at radius 3 is 2.33 bits per heavy atom. The average Bonchev–Trinajstić information content (AvgIpc) is 2.48. The number of amides is 2. The number of hydrogen-bond donors (Lipinski definition) is 1. The number of aliphatic hydroxyl groups is 1. The molecule has 4 nitrogen and oxygen atoms in total. The van der Waals surface area contributed by atoms with Crippen molar-refractivity contribution in [3.05, 3.63) is 0 Å². The van der Waals surface area contributed by atoms with Crippen molar-refractivity contribution in [3.8, 4) is 0 Å². The number of thioether (sulfide) groups is 1. The molecule has 1 saturated heterocycles. The van der Waals surface area contributed by atoms with Crippen molar-refractivity contribution in [1.82, 2.24) is 4.90 Å². The number of rotatable bonds is 5. The Hall–Kier alpha value is -0.550. The van der Waals surface area contributed by atoms with Crippen LogP contribution in [0.15, 0.2) is 0 Å². The second-order valence-corrected chi connectivity index (χ2v) is 5.24. The Bertz CT molecular complexity index is 239. The summed E-state index contributed by atoms with van der Waals surface area (Å²) in [5.41, 5.74) is 0. The normalized spacial score (nSPS) is 20.9. The lowest BCUT2D eigenvalue weighted by Gasteiger charge is -2.17. The van der Waals surface area contributed by atoms with E-state index >= 15 is 0 Å². The van der Waals surface area contributed by atoms with Gasteiger partial charge in [0.1, 0.15) is 0 Å². The second-order valence-electron chi connectivity index (χ2n) is 3.76. The maximum absolute atomic E-state index is 11.2. The third-order valence-electron chi connectivity index (χ3n) is 2.53. The van der Waals surface area contributed by atoms with Gasteiger partial charge in [-0.15, -0.1) is 0 Å². The molecular weight excluding hydrogens is 214 g/mol. The molecule has 0 spiro atoms. The first-order chi connectivity index (χ1) is 7.02. The fraction of sp³-hybridized carbons (Fsp3) is 0.800. The molecule has 1 aliphatic heterocycles. The van der Waals surface area contributed by atoms with Crippen molar-refractivity contribution in [2.75, 3.05) is 12.3 Å². The van der Waals surface area contributed by atoms with Crippen LogP contribution in [-0.4, -0.2) is 45.5 Å². The number of likely N-dealkylation sites (tertiary alicyclic amines) is 1. The lowest BCUT2D eigenvalue weighted by Crippen LogP contribution is -2.31. The van der Waals surface area contributed by atoms with E-state index in [-0.39, 0.29) is 23.2 Å². The number of carbonyl (C=O) groups is 2. The van der Waals surface area contributed by atoms with E-state index in [4.69, 9.17) is 0 Å². The number of imide groups is 1. The fourth-order valence-corrected chi connectivity index (χ4v) is 2.28.